The predicted molar refractivity (Wildman–Crippen MR) is 103 cm³/mol. The van der Waals surface area contributed by atoms with Gasteiger partial charge in [0.05, 0.1) is 0 Å². The first-order valence-electron chi connectivity index (χ1n) is 9.20. The standard InChI is InChI=1S/C20H30N4O/c1-4-24(5-2)15-9-10-17(3)22-19-13-14-21-20(23-19)16-25-18-11-7-6-8-12-18/h6-8,11-14,17H,4-5,9-10,15-16H2,1-3H3,(H,21,22,23). The van der Waals surface area contributed by atoms with Gasteiger partial charge >= 0.3 is 0 Å². The van der Waals surface area contributed by atoms with Crippen molar-refractivity contribution in [1.29, 1.82) is 0 Å². The Hall–Kier alpha value is -2.14. The summed E-state index contributed by atoms with van der Waals surface area (Å²) in [6, 6.07) is 12.0. The van der Waals surface area contributed by atoms with E-state index in [0.717, 1.165) is 37.6 Å². The van der Waals surface area contributed by atoms with E-state index in [-0.39, 0.29) is 0 Å². The second kappa shape index (κ2) is 10.7. The van der Waals surface area contributed by atoms with Gasteiger partial charge in [0.25, 0.3) is 0 Å². The Kier molecular flexibility index (Phi) is 8.19. The largest absolute Gasteiger partial charge is 0.486 e. The van der Waals surface area contributed by atoms with Crippen molar-refractivity contribution < 1.29 is 4.74 Å². The summed E-state index contributed by atoms with van der Waals surface area (Å²) < 4.78 is 5.71. The van der Waals surface area contributed by atoms with Crippen molar-refractivity contribution in [2.45, 2.75) is 46.3 Å². The quantitative estimate of drug-likeness (QED) is 0.669. The zero-order chi connectivity index (χ0) is 17.9. The Morgan fingerprint density at radius 1 is 1.12 bits per heavy atom. The monoisotopic (exact) mass is 342 g/mol. The average Bonchev–Trinajstić information content (AvgIpc) is 2.65. The maximum atomic E-state index is 5.71. The molecule has 0 aliphatic rings. The first kappa shape index (κ1) is 19.2. The molecule has 1 aromatic heterocycles. The summed E-state index contributed by atoms with van der Waals surface area (Å²) >= 11 is 0. The van der Waals surface area contributed by atoms with Crippen LogP contribution in [0.4, 0.5) is 5.82 Å². The molecular weight excluding hydrogens is 312 g/mol. The summed E-state index contributed by atoms with van der Waals surface area (Å²) in [6.07, 6.45) is 4.09. The molecule has 5 heteroatoms. The number of benzene rings is 1. The van der Waals surface area contributed by atoms with Gasteiger partial charge in [-0.3, -0.25) is 0 Å². The Bertz CT molecular complexity index is 602. The van der Waals surface area contributed by atoms with E-state index < -0.39 is 0 Å². The fourth-order valence-electron chi connectivity index (χ4n) is 2.70. The van der Waals surface area contributed by atoms with Gasteiger partial charge in [-0.25, -0.2) is 9.97 Å². The Morgan fingerprint density at radius 2 is 1.88 bits per heavy atom. The van der Waals surface area contributed by atoms with E-state index in [1.165, 1.54) is 6.42 Å². The minimum atomic E-state index is 0.371. The molecule has 0 saturated heterocycles. The van der Waals surface area contributed by atoms with E-state index in [0.29, 0.717) is 18.5 Å². The summed E-state index contributed by atoms with van der Waals surface area (Å²) in [4.78, 5) is 11.3. The van der Waals surface area contributed by atoms with Gasteiger partial charge in [-0.1, -0.05) is 32.0 Å². The van der Waals surface area contributed by atoms with Crippen LogP contribution in [0.5, 0.6) is 5.75 Å². The van der Waals surface area contributed by atoms with Crippen LogP contribution in [-0.4, -0.2) is 40.5 Å². The van der Waals surface area contributed by atoms with Crippen LogP contribution >= 0.6 is 0 Å². The molecule has 0 fully saturated rings. The molecule has 0 amide bonds. The van der Waals surface area contributed by atoms with Crippen molar-refractivity contribution in [1.82, 2.24) is 14.9 Å². The van der Waals surface area contributed by atoms with Crippen molar-refractivity contribution in [3.05, 3.63) is 48.4 Å². The maximum Gasteiger partial charge on any atom is 0.168 e. The minimum Gasteiger partial charge on any atom is -0.486 e. The first-order chi connectivity index (χ1) is 12.2. The third-order valence-corrected chi connectivity index (χ3v) is 4.22. The van der Waals surface area contributed by atoms with Crippen molar-refractivity contribution >= 4 is 5.82 Å². The van der Waals surface area contributed by atoms with E-state index in [9.17, 15) is 0 Å². The SMILES string of the molecule is CCN(CC)CCCC(C)Nc1ccnc(COc2ccccc2)n1. The number of anilines is 1. The van der Waals surface area contributed by atoms with Crippen molar-refractivity contribution in [2.75, 3.05) is 25.0 Å². The molecule has 0 aliphatic heterocycles. The van der Waals surface area contributed by atoms with E-state index in [4.69, 9.17) is 4.74 Å². The van der Waals surface area contributed by atoms with Crippen LogP contribution in [0.3, 0.4) is 0 Å². The highest BCUT2D eigenvalue weighted by atomic mass is 16.5. The zero-order valence-corrected chi connectivity index (χ0v) is 15.6. The third kappa shape index (κ3) is 7.10. The molecule has 5 nitrogen and oxygen atoms in total. The molecule has 2 aromatic rings. The summed E-state index contributed by atoms with van der Waals surface area (Å²) in [5.41, 5.74) is 0. The minimum absolute atomic E-state index is 0.371. The van der Waals surface area contributed by atoms with Gasteiger partial charge in [-0.15, -0.1) is 0 Å². The van der Waals surface area contributed by atoms with Gasteiger partial charge in [-0.05, 0) is 57.6 Å². The first-order valence-corrected chi connectivity index (χ1v) is 9.20. The molecule has 1 atom stereocenters. The highest BCUT2D eigenvalue weighted by Crippen LogP contribution is 2.12. The van der Waals surface area contributed by atoms with E-state index in [2.05, 4.69) is 41.0 Å². The topological polar surface area (TPSA) is 50.3 Å². The number of nitrogens with zero attached hydrogens (tertiary/aromatic N) is 3. The molecule has 0 radical (unpaired) electrons. The fraction of sp³-hybridized carbons (Fsp3) is 0.500. The van der Waals surface area contributed by atoms with Crippen LogP contribution in [0.25, 0.3) is 0 Å². The second-order valence-corrected chi connectivity index (χ2v) is 6.17. The zero-order valence-electron chi connectivity index (χ0n) is 15.6. The number of para-hydroxylation sites is 1. The molecule has 0 saturated carbocycles. The number of nitrogens with one attached hydrogen (secondary N) is 1. The van der Waals surface area contributed by atoms with Gasteiger partial charge in [0.2, 0.25) is 0 Å². The van der Waals surface area contributed by atoms with Gasteiger partial charge in [0, 0.05) is 12.2 Å². The Morgan fingerprint density at radius 3 is 2.60 bits per heavy atom. The van der Waals surface area contributed by atoms with Gasteiger partial charge in [0.15, 0.2) is 5.82 Å². The lowest BCUT2D eigenvalue weighted by atomic mass is 10.1. The van der Waals surface area contributed by atoms with Crippen molar-refractivity contribution in [3.63, 3.8) is 0 Å². The van der Waals surface area contributed by atoms with Gasteiger partial charge in [-0.2, -0.15) is 0 Å². The van der Waals surface area contributed by atoms with Crippen LogP contribution in [0, 0.1) is 0 Å². The molecule has 1 unspecified atom stereocenters. The summed E-state index contributed by atoms with van der Waals surface area (Å²) in [5.74, 6) is 2.37. The lowest BCUT2D eigenvalue weighted by molar-refractivity contribution is 0.294. The molecule has 25 heavy (non-hydrogen) atoms. The Labute approximate surface area is 151 Å². The molecule has 0 aliphatic carbocycles. The van der Waals surface area contributed by atoms with Crippen LogP contribution in [-0.2, 0) is 6.61 Å². The van der Waals surface area contributed by atoms with Crippen LogP contribution in [0.1, 0.15) is 39.4 Å². The molecule has 1 heterocycles. The molecule has 0 spiro atoms. The lowest BCUT2D eigenvalue weighted by Gasteiger charge is -2.20. The van der Waals surface area contributed by atoms with Crippen LogP contribution < -0.4 is 10.1 Å². The van der Waals surface area contributed by atoms with Crippen molar-refractivity contribution in [3.8, 4) is 5.75 Å². The third-order valence-electron chi connectivity index (χ3n) is 4.22. The molecular formula is C20H30N4O. The number of hydrogen-bond acceptors (Lipinski definition) is 5. The van der Waals surface area contributed by atoms with Crippen LogP contribution in [0.15, 0.2) is 42.6 Å². The number of rotatable bonds is 11. The predicted octanol–water partition coefficient (Wildman–Crippen LogP) is 3.98. The van der Waals surface area contributed by atoms with Crippen LogP contribution in [0.2, 0.25) is 0 Å². The highest BCUT2D eigenvalue weighted by Gasteiger charge is 2.06. The summed E-state index contributed by atoms with van der Waals surface area (Å²) in [5, 5.41) is 3.47. The summed E-state index contributed by atoms with van der Waals surface area (Å²) in [6.45, 7) is 10.4. The molecule has 0 bridgehead atoms. The Balaban J connectivity index is 1.78. The smallest absolute Gasteiger partial charge is 0.168 e. The van der Waals surface area contributed by atoms with E-state index >= 15 is 0 Å². The number of ether oxygens (including phenoxy) is 1. The molecule has 1 N–H and O–H groups in total. The average molecular weight is 342 g/mol. The second-order valence-electron chi connectivity index (χ2n) is 6.17. The maximum absolute atomic E-state index is 5.71. The van der Waals surface area contributed by atoms with Gasteiger partial charge < -0.3 is 15.0 Å². The van der Waals surface area contributed by atoms with Crippen molar-refractivity contribution in [2.24, 2.45) is 0 Å². The lowest BCUT2D eigenvalue weighted by Crippen LogP contribution is -2.25. The molecule has 2 rings (SSSR count). The highest BCUT2D eigenvalue weighted by molar-refractivity contribution is 5.34. The fourth-order valence-corrected chi connectivity index (χ4v) is 2.70. The normalized spacial score (nSPS) is 12.2. The van der Waals surface area contributed by atoms with Gasteiger partial charge in [0.1, 0.15) is 18.2 Å². The molecule has 136 valence electrons. The summed E-state index contributed by atoms with van der Waals surface area (Å²) in [7, 11) is 0. The number of hydrogen-bond donors (Lipinski definition) is 1. The van der Waals surface area contributed by atoms with E-state index in [1.807, 2.05) is 36.4 Å². The van der Waals surface area contributed by atoms with E-state index in [1.54, 1.807) is 6.20 Å². The molecule has 1 aromatic carbocycles. The number of aromatic nitrogens is 2.